The quantitative estimate of drug-likeness (QED) is 0.631. The summed E-state index contributed by atoms with van der Waals surface area (Å²) in [6.07, 6.45) is 3.97. The van der Waals surface area contributed by atoms with Gasteiger partial charge in [0.25, 0.3) is 0 Å². The van der Waals surface area contributed by atoms with Crippen LogP contribution in [-0.2, 0) is 9.53 Å². The number of nitrogens with two attached hydrogens (primary N) is 1. The van der Waals surface area contributed by atoms with Crippen molar-refractivity contribution < 1.29 is 9.53 Å². The zero-order chi connectivity index (χ0) is 11.3. The van der Waals surface area contributed by atoms with Crippen LogP contribution in [0, 0.1) is 5.92 Å². The van der Waals surface area contributed by atoms with Crippen LogP contribution in [0.5, 0.6) is 0 Å². The van der Waals surface area contributed by atoms with Crippen LogP contribution in [0.3, 0.4) is 0 Å². The minimum Gasteiger partial charge on any atom is -0.469 e. The molecule has 0 saturated heterocycles. The molecule has 0 aliphatic heterocycles. The van der Waals surface area contributed by atoms with Gasteiger partial charge in [0.1, 0.15) is 0 Å². The van der Waals surface area contributed by atoms with Crippen molar-refractivity contribution >= 4 is 5.97 Å². The van der Waals surface area contributed by atoms with Crippen LogP contribution in [0.15, 0.2) is 0 Å². The molecule has 0 radical (unpaired) electrons. The highest BCUT2D eigenvalue weighted by atomic mass is 16.5. The lowest BCUT2D eigenvalue weighted by atomic mass is 10.1. The van der Waals surface area contributed by atoms with E-state index in [2.05, 4.69) is 16.7 Å². The second-order valence-corrected chi connectivity index (χ2v) is 4.30. The second kappa shape index (κ2) is 6.08. The van der Waals surface area contributed by atoms with E-state index in [1.165, 1.54) is 20.0 Å². The van der Waals surface area contributed by atoms with Gasteiger partial charge in [-0.1, -0.05) is 0 Å². The number of hydrogen-bond donors (Lipinski definition) is 1. The lowest BCUT2D eigenvalue weighted by Crippen LogP contribution is -2.40. The molecular weight excluding hydrogens is 192 g/mol. The largest absolute Gasteiger partial charge is 0.469 e. The highest BCUT2D eigenvalue weighted by molar-refractivity contribution is 5.69. The fourth-order valence-electron chi connectivity index (χ4n) is 1.95. The van der Waals surface area contributed by atoms with Crippen molar-refractivity contribution in [1.82, 2.24) is 4.90 Å². The Morgan fingerprint density at radius 3 is 2.73 bits per heavy atom. The van der Waals surface area contributed by atoms with E-state index in [0.29, 0.717) is 12.5 Å². The van der Waals surface area contributed by atoms with Gasteiger partial charge in [0.2, 0.25) is 0 Å². The van der Waals surface area contributed by atoms with Crippen LogP contribution >= 0.6 is 0 Å². The van der Waals surface area contributed by atoms with Crippen LogP contribution in [0.4, 0.5) is 0 Å². The number of ether oxygens (including phenoxy) is 1. The summed E-state index contributed by atoms with van der Waals surface area (Å²) in [6.45, 7) is 1.65. The van der Waals surface area contributed by atoms with Gasteiger partial charge in [-0.15, -0.1) is 0 Å². The number of carbonyl (C=O) groups is 1. The average molecular weight is 214 g/mol. The summed E-state index contributed by atoms with van der Waals surface area (Å²) in [5, 5.41) is 0. The van der Waals surface area contributed by atoms with E-state index in [1.807, 2.05) is 0 Å². The Morgan fingerprint density at radius 2 is 2.27 bits per heavy atom. The molecule has 4 nitrogen and oxygen atoms in total. The van der Waals surface area contributed by atoms with Crippen molar-refractivity contribution in [1.29, 1.82) is 0 Å². The molecule has 0 amide bonds. The Bertz CT molecular complexity index is 205. The molecule has 0 spiro atoms. The van der Waals surface area contributed by atoms with E-state index in [9.17, 15) is 4.79 Å². The zero-order valence-electron chi connectivity index (χ0n) is 9.74. The molecule has 1 aliphatic carbocycles. The molecule has 1 unspecified atom stereocenters. The van der Waals surface area contributed by atoms with Crippen molar-refractivity contribution in [3.05, 3.63) is 0 Å². The van der Waals surface area contributed by atoms with Gasteiger partial charge in [-0.25, -0.2) is 0 Å². The Morgan fingerprint density at radius 1 is 1.60 bits per heavy atom. The van der Waals surface area contributed by atoms with E-state index >= 15 is 0 Å². The number of methoxy groups -OCH3 is 1. The Kier molecular flexibility index (Phi) is 5.05. The van der Waals surface area contributed by atoms with Gasteiger partial charge in [-0.3, -0.25) is 4.79 Å². The first-order valence-electron chi connectivity index (χ1n) is 5.66. The number of nitrogens with zero attached hydrogens (tertiary/aromatic N) is 1. The van der Waals surface area contributed by atoms with Crippen LogP contribution in [0.2, 0.25) is 0 Å². The summed E-state index contributed by atoms with van der Waals surface area (Å²) in [5.41, 5.74) is 5.74. The van der Waals surface area contributed by atoms with Gasteiger partial charge < -0.3 is 15.4 Å². The Balaban J connectivity index is 2.16. The lowest BCUT2D eigenvalue weighted by Gasteiger charge is -2.26. The van der Waals surface area contributed by atoms with Crippen LogP contribution in [-0.4, -0.2) is 44.2 Å². The molecule has 1 fully saturated rings. The molecule has 1 aliphatic rings. The van der Waals surface area contributed by atoms with E-state index in [4.69, 9.17) is 5.73 Å². The predicted molar refractivity (Wildman–Crippen MR) is 59.4 cm³/mol. The monoisotopic (exact) mass is 214 g/mol. The molecule has 15 heavy (non-hydrogen) atoms. The Hall–Kier alpha value is -0.610. The predicted octanol–water partition coefficient (Wildman–Crippen LogP) is 0.609. The van der Waals surface area contributed by atoms with E-state index < -0.39 is 0 Å². The van der Waals surface area contributed by atoms with Crippen molar-refractivity contribution in [3.8, 4) is 0 Å². The molecule has 1 atom stereocenters. The molecular formula is C11H22N2O2. The van der Waals surface area contributed by atoms with Crippen molar-refractivity contribution in [2.75, 3.05) is 27.2 Å². The van der Waals surface area contributed by atoms with Crippen LogP contribution in [0.1, 0.15) is 25.7 Å². The third kappa shape index (κ3) is 4.18. The summed E-state index contributed by atoms with van der Waals surface area (Å²) in [5.74, 6) is 0.664. The van der Waals surface area contributed by atoms with Crippen LogP contribution < -0.4 is 5.73 Å². The first-order valence-corrected chi connectivity index (χ1v) is 5.66. The SMILES string of the molecule is COC(=O)CCCN(C)C(CN)C1CC1. The van der Waals surface area contributed by atoms with E-state index in [0.717, 1.165) is 25.4 Å². The van der Waals surface area contributed by atoms with Gasteiger partial charge in [-0.2, -0.15) is 0 Å². The smallest absolute Gasteiger partial charge is 0.305 e. The Labute approximate surface area is 91.8 Å². The average Bonchev–Trinajstić information content (AvgIpc) is 3.03. The minimum atomic E-state index is -0.126. The van der Waals surface area contributed by atoms with Gasteiger partial charge in [-0.05, 0) is 38.8 Å². The van der Waals surface area contributed by atoms with E-state index in [-0.39, 0.29) is 5.97 Å². The molecule has 2 N–H and O–H groups in total. The third-order valence-electron chi connectivity index (χ3n) is 3.09. The van der Waals surface area contributed by atoms with Gasteiger partial charge >= 0.3 is 5.97 Å². The highest BCUT2D eigenvalue weighted by Gasteiger charge is 2.32. The molecule has 0 aromatic heterocycles. The fourth-order valence-corrected chi connectivity index (χ4v) is 1.95. The van der Waals surface area contributed by atoms with Crippen molar-refractivity contribution in [3.63, 3.8) is 0 Å². The zero-order valence-corrected chi connectivity index (χ0v) is 9.74. The van der Waals surface area contributed by atoms with Gasteiger partial charge in [0.05, 0.1) is 7.11 Å². The minimum absolute atomic E-state index is 0.126. The first kappa shape index (κ1) is 12.5. The number of rotatable bonds is 7. The maximum Gasteiger partial charge on any atom is 0.305 e. The van der Waals surface area contributed by atoms with Gasteiger partial charge in [0, 0.05) is 19.0 Å². The van der Waals surface area contributed by atoms with Crippen molar-refractivity contribution in [2.45, 2.75) is 31.7 Å². The van der Waals surface area contributed by atoms with E-state index in [1.54, 1.807) is 0 Å². The molecule has 0 heterocycles. The number of esters is 1. The molecule has 1 saturated carbocycles. The normalized spacial score (nSPS) is 17.9. The lowest BCUT2D eigenvalue weighted by molar-refractivity contribution is -0.140. The summed E-state index contributed by atoms with van der Waals surface area (Å²) in [6, 6.07) is 0.502. The summed E-state index contributed by atoms with van der Waals surface area (Å²) in [7, 11) is 3.52. The molecule has 0 aromatic carbocycles. The highest BCUT2D eigenvalue weighted by Crippen LogP contribution is 2.34. The second-order valence-electron chi connectivity index (χ2n) is 4.30. The number of likely N-dealkylation sites (N-methyl/N-ethyl adjacent to an activating group) is 1. The third-order valence-corrected chi connectivity index (χ3v) is 3.09. The molecule has 4 heteroatoms. The van der Waals surface area contributed by atoms with Gasteiger partial charge in [0.15, 0.2) is 0 Å². The molecule has 1 rings (SSSR count). The molecule has 0 aromatic rings. The summed E-state index contributed by atoms with van der Waals surface area (Å²) < 4.78 is 4.60. The van der Waals surface area contributed by atoms with Crippen LogP contribution in [0.25, 0.3) is 0 Å². The topological polar surface area (TPSA) is 55.6 Å². The fraction of sp³-hybridized carbons (Fsp3) is 0.909. The molecule has 88 valence electrons. The summed E-state index contributed by atoms with van der Waals surface area (Å²) >= 11 is 0. The first-order chi connectivity index (χ1) is 7.19. The maximum absolute atomic E-state index is 10.9. The molecule has 0 bridgehead atoms. The maximum atomic E-state index is 10.9. The summed E-state index contributed by atoms with van der Waals surface area (Å²) in [4.78, 5) is 13.2. The number of hydrogen-bond acceptors (Lipinski definition) is 4. The van der Waals surface area contributed by atoms with Crippen molar-refractivity contribution in [2.24, 2.45) is 11.7 Å². The standard InChI is InChI=1S/C11H22N2O2/c1-13(7-3-4-11(14)15-2)10(8-12)9-5-6-9/h9-10H,3-8,12H2,1-2H3. The number of carbonyl (C=O) groups excluding carboxylic acids is 1.